The maximum atomic E-state index is 13.1. The molecular formula is C31H31ClN2O6. The Kier molecular flexibility index (Phi) is 7.57. The van der Waals surface area contributed by atoms with Gasteiger partial charge in [0.25, 0.3) is 5.91 Å². The second-order valence-electron chi connectivity index (χ2n) is 10.5. The van der Waals surface area contributed by atoms with Crippen LogP contribution in [0, 0.1) is 0 Å². The zero-order valence-corrected chi connectivity index (χ0v) is 23.4. The second-order valence-corrected chi connectivity index (χ2v) is 10.9. The molecule has 9 heteroatoms. The Balaban J connectivity index is 0.000000348. The quantitative estimate of drug-likeness (QED) is 0.218. The molecule has 0 radical (unpaired) electrons. The minimum absolute atomic E-state index is 0.0903. The van der Waals surface area contributed by atoms with Gasteiger partial charge < -0.3 is 24.5 Å². The number of rotatable bonds is 7. The normalized spacial score (nSPS) is 15.9. The smallest absolute Gasteiger partial charge is 0.334 e. The number of cyclic esters (lactones) is 1. The molecule has 1 amide bonds. The number of ketones is 1. The Bertz CT molecular complexity index is 1640. The number of nitrogens with zero attached hydrogens (tertiary/aromatic N) is 1. The van der Waals surface area contributed by atoms with Gasteiger partial charge in [-0.25, -0.2) is 4.79 Å². The number of ether oxygens (including phenoxy) is 3. The van der Waals surface area contributed by atoms with Gasteiger partial charge in [0.2, 0.25) is 11.6 Å². The largest absolute Gasteiger partial charge is 0.485 e. The first-order chi connectivity index (χ1) is 19.0. The van der Waals surface area contributed by atoms with Crippen LogP contribution < -0.4 is 10.5 Å². The highest BCUT2D eigenvalue weighted by molar-refractivity contribution is 6.31. The summed E-state index contributed by atoms with van der Waals surface area (Å²) >= 11 is 6.06. The summed E-state index contributed by atoms with van der Waals surface area (Å²) in [5.41, 5.74) is 8.81. The standard InChI is InChI=1S/C26H23ClN2O3.C5H8O3/c1-2-29-13-22(20-8-6-16(11-23(20)29)15-3-4-15)24(30)14-32-25-12-17-5-7-19(27)9-18(17)10-21(25)26(28)31;1-5(2)7-3-4(6)8-5/h5-13,15H,2-4,14H2,1H3,(H2,28,31);3H2,1-2H3. The number of benzene rings is 3. The van der Waals surface area contributed by atoms with Crippen molar-refractivity contribution in [2.45, 2.75) is 51.9 Å². The highest BCUT2D eigenvalue weighted by atomic mass is 35.5. The van der Waals surface area contributed by atoms with Crippen molar-refractivity contribution in [3.05, 3.63) is 76.4 Å². The fraction of sp³-hybridized carbons (Fsp3) is 0.323. The Labute approximate surface area is 236 Å². The zero-order valence-electron chi connectivity index (χ0n) is 22.7. The van der Waals surface area contributed by atoms with Crippen LogP contribution in [-0.4, -0.2) is 41.2 Å². The van der Waals surface area contributed by atoms with Gasteiger partial charge in [0, 0.05) is 48.1 Å². The molecule has 2 fully saturated rings. The van der Waals surface area contributed by atoms with Gasteiger partial charge in [0.1, 0.15) is 12.4 Å². The van der Waals surface area contributed by atoms with Crippen LogP contribution in [0.25, 0.3) is 21.7 Å². The molecule has 0 spiro atoms. The van der Waals surface area contributed by atoms with Crippen LogP contribution in [0.5, 0.6) is 5.75 Å². The highest BCUT2D eigenvalue weighted by Crippen LogP contribution is 2.41. The summed E-state index contributed by atoms with van der Waals surface area (Å²) in [7, 11) is 0. The van der Waals surface area contributed by atoms with Crippen molar-refractivity contribution in [2.24, 2.45) is 5.73 Å². The number of hydrogen-bond acceptors (Lipinski definition) is 6. The predicted molar refractivity (Wildman–Crippen MR) is 153 cm³/mol. The first kappa shape index (κ1) is 27.7. The van der Waals surface area contributed by atoms with E-state index in [1.807, 2.05) is 18.3 Å². The van der Waals surface area contributed by atoms with Gasteiger partial charge in [-0.3, -0.25) is 9.59 Å². The molecule has 1 aliphatic carbocycles. The van der Waals surface area contributed by atoms with Crippen LogP contribution in [0.4, 0.5) is 0 Å². The van der Waals surface area contributed by atoms with Gasteiger partial charge in [-0.1, -0.05) is 29.8 Å². The van der Waals surface area contributed by atoms with E-state index in [4.69, 9.17) is 26.8 Å². The van der Waals surface area contributed by atoms with Crippen molar-refractivity contribution >= 4 is 50.9 Å². The number of hydrogen-bond donors (Lipinski definition) is 1. The fourth-order valence-corrected chi connectivity index (χ4v) is 4.99. The van der Waals surface area contributed by atoms with Crippen LogP contribution in [0.3, 0.4) is 0 Å². The predicted octanol–water partition coefficient (Wildman–Crippen LogP) is 6.00. The number of aromatic nitrogens is 1. The molecule has 6 rings (SSSR count). The molecule has 8 nitrogen and oxygen atoms in total. The van der Waals surface area contributed by atoms with Crippen molar-refractivity contribution in [1.82, 2.24) is 4.57 Å². The third-order valence-corrected chi connectivity index (χ3v) is 7.25. The number of carbonyl (C=O) groups is 3. The van der Waals surface area contributed by atoms with E-state index in [9.17, 15) is 14.4 Å². The molecule has 4 aromatic rings. The van der Waals surface area contributed by atoms with E-state index in [1.165, 1.54) is 18.4 Å². The third-order valence-electron chi connectivity index (χ3n) is 7.02. The summed E-state index contributed by atoms with van der Waals surface area (Å²) in [6.45, 7) is 6.15. The van der Waals surface area contributed by atoms with Crippen LogP contribution in [0.1, 0.15) is 65.8 Å². The lowest BCUT2D eigenvalue weighted by atomic mass is 10.0. The van der Waals surface area contributed by atoms with Crippen molar-refractivity contribution in [2.75, 3.05) is 13.2 Å². The summed E-state index contributed by atoms with van der Waals surface area (Å²) in [5, 5.41) is 3.11. The number of carbonyl (C=O) groups excluding carboxylic acids is 3. The van der Waals surface area contributed by atoms with Gasteiger partial charge in [-0.15, -0.1) is 0 Å². The van der Waals surface area contributed by atoms with Gasteiger partial charge in [-0.05, 0) is 72.4 Å². The molecule has 208 valence electrons. The van der Waals surface area contributed by atoms with Gasteiger partial charge in [0.05, 0.1) is 5.56 Å². The lowest BCUT2D eigenvalue weighted by Gasteiger charge is -2.13. The molecule has 2 N–H and O–H groups in total. The first-order valence-electron chi connectivity index (χ1n) is 13.2. The summed E-state index contributed by atoms with van der Waals surface area (Å²) in [6.07, 6.45) is 4.36. The van der Waals surface area contributed by atoms with Gasteiger partial charge >= 0.3 is 5.97 Å². The van der Waals surface area contributed by atoms with E-state index in [2.05, 4.69) is 28.4 Å². The number of Topliss-reactive ketones (excluding diaryl/α,β-unsaturated/α-hetero) is 1. The van der Waals surface area contributed by atoms with E-state index >= 15 is 0 Å². The third kappa shape index (κ3) is 5.98. The molecule has 0 atom stereocenters. The highest BCUT2D eigenvalue weighted by Gasteiger charge is 2.31. The molecule has 1 saturated heterocycles. The minimum atomic E-state index is -0.683. The van der Waals surface area contributed by atoms with Crippen molar-refractivity contribution in [3.63, 3.8) is 0 Å². The molecule has 2 heterocycles. The minimum Gasteiger partial charge on any atom is -0.485 e. The van der Waals surface area contributed by atoms with Crippen molar-refractivity contribution < 1.29 is 28.6 Å². The summed E-state index contributed by atoms with van der Waals surface area (Å²) in [5.74, 6) is -0.794. The molecule has 3 aromatic carbocycles. The number of amides is 1. The van der Waals surface area contributed by atoms with Crippen LogP contribution >= 0.6 is 11.6 Å². The summed E-state index contributed by atoms with van der Waals surface area (Å²) in [4.78, 5) is 35.4. The van der Waals surface area contributed by atoms with Gasteiger partial charge in [-0.2, -0.15) is 0 Å². The molecule has 1 saturated carbocycles. The lowest BCUT2D eigenvalue weighted by molar-refractivity contribution is -0.159. The Morgan fingerprint density at radius 2 is 1.85 bits per heavy atom. The molecule has 0 bridgehead atoms. The maximum absolute atomic E-state index is 13.1. The lowest BCUT2D eigenvalue weighted by Crippen LogP contribution is -2.19. The summed E-state index contributed by atoms with van der Waals surface area (Å²) < 4.78 is 17.5. The van der Waals surface area contributed by atoms with Crippen LogP contribution in [-0.2, 0) is 20.8 Å². The molecule has 40 heavy (non-hydrogen) atoms. The Morgan fingerprint density at radius 3 is 2.45 bits per heavy atom. The van der Waals surface area contributed by atoms with E-state index in [0.717, 1.165) is 28.2 Å². The number of halogens is 1. The SMILES string of the molecule is CC1(C)OCC(=O)O1.CCn1cc(C(=O)COc2cc3ccc(Cl)cc3cc2C(N)=O)c2ccc(C3CC3)cc21. The number of fused-ring (bicyclic) bond motifs is 2. The monoisotopic (exact) mass is 562 g/mol. The van der Waals surface area contributed by atoms with E-state index in [1.54, 1.807) is 38.1 Å². The second kappa shape index (κ2) is 10.9. The van der Waals surface area contributed by atoms with Crippen LogP contribution in [0.15, 0.2) is 54.7 Å². The average Bonchev–Trinajstić information content (AvgIpc) is 3.63. The number of nitrogens with two attached hydrogens (primary N) is 1. The number of aryl methyl sites for hydroxylation is 1. The molecular weight excluding hydrogens is 532 g/mol. The van der Waals surface area contributed by atoms with Crippen molar-refractivity contribution in [3.8, 4) is 5.75 Å². The summed E-state index contributed by atoms with van der Waals surface area (Å²) in [6, 6.07) is 15.1. The number of esters is 1. The van der Waals surface area contributed by atoms with E-state index in [-0.39, 0.29) is 36.3 Å². The van der Waals surface area contributed by atoms with E-state index in [0.29, 0.717) is 16.5 Å². The van der Waals surface area contributed by atoms with Crippen molar-refractivity contribution in [1.29, 1.82) is 0 Å². The maximum Gasteiger partial charge on any atom is 0.334 e. The number of primary amides is 1. The molecule has 1 aliphatic heterocycles. The fourth-order valence-electron chi connectivity index (χ4n) is 4.81. The van der Waals surface area contributed by atoms with Gasteiger partial charge in [0.15, 0.2) is 6.61 Å². The molecule has 2 aliphatic rings. The zero-order chi connectivity index (χ0) is 28.6. The Morgan fingerprint density at radius 1 is 1.07 bits per heavy atom. The molecule has 1 aromatic heterocycles. The average molecular weight is 563 g/mol. The van der Waals surface area contributed by atoms with E-state index < -0.39 is 11.7 Å². The Hall–Kier alpha value is -3.88. The first-order valence-corrected chi connectivity index (χ1v) is 13.6. The molecule has 0 unspecified atom stereocenters. The van der Waals surface area contributed by atoms with Crippen LogP contribution in [0.2, 0.25) is 5.02 Å². The topological polar surface area (TPSA) is 110 Å².